The van der Waals surface area contributed by atoms with Gasteiger partial charge in [0.15, 0.2) is 0 Å². The predicted molar refractivity (Wildman–Crippen MR) is 65.9 cm³/mol. The van der Waals surface area contributed by atoms with Crippen molar-refractivity contribution in [2.45, 2.75) is 13.0 Å². The Kier molecular flexibility index (Phi) is 3.40. The lowest BCUT2D eigenvalue weighted by atomic mass is 10.1. The second-order valence-electron chi connectivity index (χ2n) is 3.75. The van der Waals surface area contributed by atoms with Gasteiger partial charge in [0.05, 0.1) is 28.6 Å². The van der Waals surface area contributed by atoms with Crippen LogP contribution in [0, 0.1) is 6.92 Å². The molecule has 2 aromatic heterocycles. The Morgan fingerprint density at radius 3 is 2.76 bits per heavy atom. The first-order valence-electron chi connectivity index (χ1n) is 5.27. The Bertz CT molecular complexity index is 503. The number of aryl methyl sites for hydroxylation is 2. The van der Waals surface area contributed by atoms with Gasteiger partial charge in [-0.2, -0.15) is 5.10 Å². The van der Waals surface area contributed by atoms with Crippen LogP contribution in [0.2, 0.25) is 5.02 Å². The molecule has 0 saturated heterocycles. The molecule has 0 aliphatic rings. The van der Waals surface area contributed by atoms with Crippen LogP contribution in [0.1, 0.15) is 23.3 Å². The van der Waals surface area contributed by atoms with Crippen molar-refractivity contribution < 1.29 is 0 Å². The molecule has 0 radical (unpaired) electrons. The minimum atomic E-state index is -0.0864. The van der Waals surface area contributed by atoms with Gasteiger partial charge in [0.2, 0.25) is 0 Å². The molecule has 0 amide bonds. The number of aromatic nitrogens is 4. The molecule has 0 aliphatic carbocycles. The predicted octanol–water partition coefficient (Wildman–Crippen LogP) is 1.48. The Labute approximate surface area is 105 Å². The van der Waals surface area contributed by atoms with E-state index in [9.17, 15) is 0 Å². The molecule has 17 heavy (non-hydrogen) atoms. The summed E-state index contributed by atoms with van der Waals surface area (Å²) < 4.78 is 1.75. The number of nitrogens with one attached hydrogen (secondary N) is 1. The molecule has 2 rings (SSSR count). The van der Waals surface area contributed by atoms with Gasteiger partial charge in [0, 0.05) is 13.2 Å². The zero-order valence-corrected chi connectivity index (χ0v) is 10.7. The van der Waals surface area contributed by atoms with Gasteiger partial charge in [0.1, 0.15) is 5.82 Å². The topological polar surface area (TPSA) is 55.6 Å². The third kappa shape index (κ3) is 2.30. The van der Waals surface area contributed by atoms with Crippen LogP contribution in [0.3, 0.4) is 0 Å². The van der Waals surface area contributed by atoms with Crippen LogP contribution in [0.15, 0.2) is 18.5 Å². The molecule has 0 aliphatic heterocycles. The molecule has 0 bridgehead atoms. The lowest BCUT2D eigenvalue weighted by Gasteiger charge is -2.16. The number of hydrogen-bond donors (Lipinski definition) is 1. The first kappa shape index (κ1) is 12.0. The first-order chi connectivity index (χ1) is 8.13. The van der Waals surface area contributed by atoms with Crippen molar-refractivity contribution in [1.82, 2.24) is 25.1 Å². The zero-order valence-electron chi connectivity index (χ0n) is 9.98. The summed E-state index contributed by atoms with van der Waals surface area (Å²) in [6.45, 7) is 1.86. The van der Waals surface area contributed by atoms with E-state index in [1.54, 1.807) is 17.1 Å². The van der Waals surface area contributed by atoms with Gasteiger partial charge < -0.3 is 5.32 Å². The van der Waals surface area contributed by atoms with Crippen molar-refractivity contribution >= 4 is 11.6 Å². The maximum atomic E-state index is 6.14. The third-order valence-electron chi connectivity index (χ3n) is 2.59. The lowest BCUT2D eigenvalue weighted by Crippen LogP contribution is -2.22. The van der Waals surface area contributed by atoms with E-state index in [0.29, 0.717) is 5.02 Å². The minimum absolute atomic E-state index is 0.0864. The van der Waals surface area contributed by atoms with E-state index in [0.717, 1.165) is 17.2 Å². The Hall–Kier alpha value is -1.46. The highest BCUT2D eigenvalue weighted by Gasteiger charge is 2.20. The van der Waals surface area contributed by atoms with E-state index in [2.05, 4.69) is 20.4 Å². The summed E-state index contributed by atoms with van der Waals surface area (Å²) in [6.07, 6.45) is 3.38. The van der Waals surface area contributed by atoms with Gasteiger partial charge in [-0.25, -0.2) is 9.97 Å². The maximum Gasteiger partial charge on any atom is 0.125 e. The van der Waals surface area contributed by atoms with Gasteiger partial charge >= 0.3 is 0 Å². The summed E-state index contributed by atoms with van der Waals surface area (Å²) in [5.41, 5.74) is 1.78. The molecular weight excluding hydrogens is 238 g/mol. The highest BCUT2D eigenvalue weighted by atomic mass is 35.5. The lowest BCUT2D eigenvalue weighted by molar-refractivity contribution is 0.591. The summed E-state index contributed by atoms with van der Waals surface area (Å²) in [5, 5.41) is 7.96. The quantitative estimate of drug-likeness (QED) is 0.898. The van der Waals surface area contributed by atoms with E-state index in [1.165, 1.54) is 0 Å². The average Bonchev–Trinajstić information content (AvgIpc) is 2.62. The highest BCUT2D eigenvalue weighted by Crippen LogP contribution is 2.26. The molecule has 0 saturated carbocycles. The third-order valence-corrected chi connectivity index (χ3v) is 2.88. The summed E-state index contributed by atoms with van der Waals surface area (Å²) >= 11 is 6.14. The largest absolute Gasteiger partial charge is 0.307 e. The molecule has 1 N–H and O–H groups in total. The zero-order chi connectivity index (χ0) is 12.4. The summed E-state index contributed by atoms with van der Waals surface area (Å²) in [4.78, 5) is 8.50. The van der Waals surface area contributed by atoms with E-state index < -0.39 is 0 Å². The summed E-state index contributed by atoms with van der Waals surface area (Å²) in [6, 6.07) is 1.79. The molecular formula is C11H14ClN5. The van der Waals surface area contributed by atoms with Gasteiger partial charge in [-0.05, 0) is 20.0 Å². The van der Waals surface area contributed by atoms with Crippen LogP contribution in [-0.4, -0.2) is 26.8 Å². The van der Waals surface area contributed by atoms with Gasteiger partial charge in [-0.3, -0.25) is 4.68 Å². The number of hydrogen-bond acceptors (Lipinski definition) is 4. The smallest absolute Gasteiger partial charge is 0.125 e. The number of rotatable bonds is 3. The molecule has 6 heteroatoms. The molecule has 0 spiro atoms. The molecule has 2 aromatic rings. The molecule has 90 valence electrons. The second kappa shape index (κ2) is 4.81. The van der Waals surface area contributed by atoms with E-state index >= 15 is 0 Å². The van der Waals surface area contributed by atoms with Crippen LogP contribution < -0.4 is 5.32 Å². The van der Waals surface area contributed by atoms with E-state index in [1.807, 2.05) is 27.1 Å². The van der Waals surface area contributed by atoms with Crippen molar-refractivity contribution in [3.8, 4) is 0 Å². The minimum Gasteiger partial charge on any atom is -0.307 e. The SMILES string of the molecule is CNC(c1ccnc(C)n1)c1c(Cl)cnn1C. The fourth-order valence-corrected chi connectivity index (χ4v) is 2.08. The Balaban J connectivity index is 2.47. The van der Waals surface area contributed by atoms with Crippen LogP contribution in [0.5, 0.6) is 0 Å². The van der Waals surface area contributed by atoms with Crippen molar-refractivity contribution in [1.29, 1.82) is 0 Å². The fourth-order valence-electron chi connectivity index (χ4n) is 1.80. The molecule has 5 nitrogen and oxygen atoms in total. The van der Waals surface area contributed by atoms with Crippen molar-refractivity contribution in [3.05, 3.63) is 40.7 Å². The van der Waals surface area contributed by atoms with Crippen LogP contribution in [-0.2, 0) is 7.05 Å². The Morgan fingerprint density at radius 1 is 1.47 bits per heavy atom. The number of halogens is 1. The van der Waals surface area contributed by atoms with Gasteiger partial charge in [0.25, 0.3) is 0 Å². The van der Waals surface area contributed by atoms with Crippen molar-refractivity contribution in [2.75, 3.05) is 7.05 Å². The van der Waals surface area contributed by atoms with Gasteiger partial charge in [-0.1, -0.05) is 11.6 Å². The Morgan fingerprint density at radius 2 is 2.24 bits per heavy atom. The number of nitrogens with zero attached hydrogens (tertiary/aromatic N) is 4. The fraction of sp³-hybridized carbons (Fsp3) is 0.364. The normalized spacial score (nSPS) is 12.7. The summed E-state index contributed by atoms with van der Waals surface area (Å²) in [7, 11) is 3.73. The first-order valence-corrected chi connectivity index (χ1v) is 5.65. The van der Waals surface area contributed by atoms with Crippen LogP contribution >= 0.6 is 11.6 Å². The second-order valence-corrected chi connectivity index (χ2v) is 4.16. The molecule has 0 fully saturated rings. The average molecular weight is 252 g/mol. The maximum absolute atomic E-state index is 6.14. The molecule has 0 aromatic carbocycles. The molecule has 2 heterocycles. The summed E-state index contributed by atoms with van der Waals surface area (Å²) in [5.74, 6) is 0.737. The molecule has 1 unspecified atom stereocenters. The standard InChI is InChI=1S/C11H14ClN5/c1-7-14-5-4-9(16-7)10(13-2)11-8(12)6-15-17(11)3/h4-6,10,13H,1-3H3. The van der Waals surface area contributed by atoms with Gasteiger partial charge in [-0.15, -0.1) is 0 Å². The van der Waals surface area contributed by atoms with Crippen molar-refractivity contribution in [3.63, 3.8) is 0 Å². The van der Waals surface area contributed by atoms with Crippen LogP contribution in [0.25, 0.3) is 0 Å². The van der Waals surface area contributed by atoms with Crippen LogP contribution in [0.4, 0.5) is 0 Å². The van der Waals surface area contributed by atoms with E-state index in [-0.39, 0.29) is 6.04 Å². The highest BCUT2D eigenvalue weighted by molar-refractivity contribution is 6.31. The monoisotopic (exact) mass is 251 g/mol. The van der Waals surface area contributed by atoms with Crippen molar-refractivity contribution in [2.24, 2.45) is 7.05 Å². The molecule has 1 atom stereocenters. The van der Waals surface area contributed by atoms with E-state index in [4.69, 9.17) is 11.6 Å².